The van der Waals surface area contributed by atoms with Gasteiger partial charge in [0.2, 0.25) is 0 Å². The topological polar surface area (TPSA) is 38.7 Å². The molecule has 4 aromatic rings. The van der Waals surface area contributed by atoms with Crippen molar-refractivity contribution in [1.82, 2.24) is 0 Å². The molecule has 0 aliphatic rings. The number of hydrogen-bond acceptors (Lipinski definition) is 4. The van der Waals surface area contributed by atoms with Gasteiger partial charge in [-0.1, -0.05) is 66.4 Å². The van der Waals surface area contributed by atoms with Gasteiger partial charge in [0.1, 0.15) is 18.5 Å². The van der Waals surface area contributed by atoms with Crippen LogP contribution in [0.3, 0.4) is 0 Å². The molecule has 4 rings (SSSR count). The number of aliphatic hydroxyl groups is 1. The molecule has 3 nitrogen and oxygen atoms in total. The summed E-state index contributed by atoms with van der Waals surface area (Å²) in [5, 5.41) is 14.5. The Balaban J connectivity index is 1.68. The standard InChI is InChI=1S/C26H24O3S/c1-2-14-28-17-21(27)18-29-26-24-11-7-6-8-19(24)15-20-12-13-23(16-25(20)26)30-22-9-4-3-5-10-22/h2-13,15-16,21,27H,1,14,17-18H2. The Hall–Kier alpha value is -2.79. The first kappa shape index (κ1) is 20.5. The minimum absolute atomic E-state index is 0.163. The highest BCUT2D eigenvalue weighted by Crippen LogP contribution is 2.38. The molecule has 0 bridgehead atoms. The number of ether oxygens (including phenoxy) is 2. The fourth-order valence-corrected chi connectivity index (χ4v) is 4.24. The minimum Gasteiger partial charge on any atom is -0.489 e. The number of hydrogen-bond donors (Lipinski definition) is 1. The molecule has 1 unspecified atom stereocenters. The van der Waals surface area contributed by atoms with Crippen LogP contribution in [0.15, 0.2) is 101 Å². The molecule has 152 valence electrons. The Morgan fingerprint density at radius 1 is 0.833 bits per heavy atom. The highest BCUT2D eigenvalue weighted by atomic mass is 32.2. The molecule has 0 heterocycles. The maximum Gasteiger partial charge on any atom is 0.135 e. The molecule has 0 aliphatic carbocycles. The van der Waals surface area contributed by atoms with Gasteiger partial charge in [-0.05, 0) is 41.1 Å². The molecule has 1 N–H and O–H groups in total. The minimum atomic E-state index is -0.708. The van der Waals surface area contributed by atoms with E-state index in [1.165, 1.54) is 4.90 Å². The average Bonchev–Trinajstić information content (AvgIpc) is 2.78. The smallest absolute Gasteiger partial charge is 0.135 e. The predicted octanol–water partition coefficient (Wildman–Crippen LogP) is 6.09. The molecule has 0 fully saturated rings. The SMILES string of the molecule is C=CCOCC(O)COc1c2ccccc2cc2ccc(Sc3ccccc3)cc12. The second kappa shape index (κ2) is 9.81. The van der Waals surface area contributed by atoms with Crippen molar-refractivity contribution in [3.63, 3.8) is 0 Å². The molecular weight excluding hydrogens is 392 g/mol. The van der Waals surface area contributed by atoms with Crippen LogP contribution < -0.4 is 4.74 Å². The molecule has 4 heteroatoms. The predicted molar refractivity (Wildman–Crippen MR) is 125 cm³/mol. The van der Waals surface area contributed by atoms with Crippen molar-refractivity contribution in [3.05, 3.63) is 91.5 Å². The normalized spacial score (nSPS) is 12.2. The van der Waals surface area contributed by atoms with Gasteiger partial charge in [-0.3, -0.25) is 0 Å². The van der Waals surface area contributed by atoms with Gasteiger partial charge in [-0.15, -0.1) is 6.58 Å². The second-order valence-electron chi connectivity index (χ2n) is 7.02. The van der Waals surface area contributed by atoms with Crippen molar-refractivity contribution in [2.24, 2.45) is 0 Å². The Kier molecular flexibility index (Phi) is 6.70. The molecule has 0 aromatic heterocycles. The van der Waals surface area contributed by atoms with E-state index in [1.807, 2.05) is 30.3 Å². The Bertz CT molecular complexity index is 1140. The third-order valence-electron chi connectivity index (χ3n) is 4.73. The Morgan fingerprint density at radius 2 is 1.60 bits per heavy atom. The van der Waals surface area contributed by atoms with Crippen LogP contribution in [0.25, 0.3) is 21.5 Å². The fourth-order valence-electron chi connectivity index (χ4n) is 3.36. The average molecular weight is 417 g/mol. The van der Waals surface area contributed by atoms with E-state index in [0.29, 0.717) is 6.61 Å². The molecule has 0 aliphatic heterocycles. The molecule has 4 aromatic carbocycles. The maximum absolute atomic E-state index is 10.2. The lowest BCUT2D eigenvalue weighted by atomic mass is 10.0. The van der Waals surface area contributed by atoms with E-state index in [2.05, 4.69) is 55.1 Å². The summed E-state index contributed by atoms with van der Waals surface area (Å²) in [6.07, 6.45) is 0.957. The highest BCUT2D eigenvalue weighted by Gasteiger charge is 2.13. The lowest BCUT2D eigenvalue weighted by molar-refractivity contribution is 0.0220. The third kappa shape index (κ3) is 4.85. The van der Waals surface area contributed by atoms with Crippen LogP contribution in [0.2, 0.25) is 0 Å². The maximum atomic E-state index is 10.2. The summed E-state index contributed by atoms with van der Waals surface area (Å²) < 4.78 is 11.5. The summed E-state index contributed by atoms with van der Waals surface area (Å²) in [6.45, 7) is 4.40. The van der Waals surface area contributed by atoms with Crippen molar-refractivity contribution in [2.75, 3.05) is 19.8 Å². The van der Waals surface area contributed by atoms with Gasteiger partial charge in [0, 0.05) is 20.6 Å². The molecule has 0 spiro atoms. The summed E-state index contributed by atoms with van der Waals surface area (Å²) in [5.74, 6) is 0.793. The van der Waals surface area contributed by atoms with Gasteiger partial charge < -0.3 is 14.6 Å². The van der Waals surface area contributed by atoms with Crippen molar-refractivity contribution in [3.8, 4) is 5.75 Å². The van der Waals surface area contributed by atoms with Crippen LogP contribution in [0.5, 0.6) is 5.75 Å². The zero-order chi connectivity index (χ0) is 20.8. The van der Waals surface area contributed by atoms with E-state index in [9.17, 15) is 5.11 Å². The van der Waals surface area contributed by atoms with Gasteiger partial charge in [0.25, 0.3) is 0 Å². The third-order valence-corrected chi connectivity index (χ3v) is 5.73. The van der Waals surface area contributed by atoms with Crippen molar-refractivity contribution >= 4 is 33.3 Å². The Labute approximate surface area is 180 Å². The monoisotopic (exact) mass is 416 g/mol. The van der Waals surface area contributed by atoms with Crippen LogP contribution in [0, 0.1) is 0 Å². The molecule has 30 heavy (non-hydrogen) atoms. The van der Waals surface area contributed by atoms with E-state index in [1.54, 1.807) is 17.8 Å². The largest absolute Gasteiger partial charge is 0.489 e. The number of rotatable bonds is 9. The summed E-state index contributed by atoms with van der Waals surface area (Å²) >= 11 is 1.72. The fraction of sp³-hybridized carbons (Fsp3) is 0.154. The molecular formula is C26H24O3S. The van der Waals surface area contributed by atoms with Crippen LogP contribution in [-0.2, 0) is 4.74 Å². The van der Waals surface area contributed by atoms with Crippen molar-refractivity contribution in [1.29, 1.82) is 0 Å². The number of fused-ring (bicyclic) bond motifs is 2. The van der Waals surface area contributed by atoms with Crippen molar-refractivity contribution in [2.45, 2.75) is 15.9 Å². The van der Waals surface area contributed by atoms with Gasteiger partial charge in [-0.2, -0.15) is 0 Å². The highest BCUT2D eigenvalue weighted by molar-refractivity contribution is 7.99. The lowest BCUT2D eigenvalue weighted by Gasteiger charge is -2.17. The quantitative estimate of drug-likeness (QED) is 0.204. The van der Waals surface area contributed by atoms with Crippen LogP contribution in [0.1, 0.15) is 0 Å². The summed E-state index contributed by atoms with van der Waals surface area (Å²) in [4.78, 5) is 2.33. The first-order valence-corrected chi connectivity index (χ1v) is 10.7. The first-order valence-electron chi connectivity index (χ1n) is 9.92. The lowest BCUT2D eigenvalue weighted by Crippen LogP contribution is -2.23. The van der Waals surface area contributed by atoms with Gasteiger partial charge in [0.15, 0.2) is 0 Å². The van der Waals surface area contributed by atoms with E-state index in [4.69, 9.17) is 9.47 Å². The second-order valence-corrected chi connectivity index (χ2v) is 8.16. The molecule has 0 saturated heterocycles. The molecule has 0 amide bonds. The van der Waals surface area contributed by atoms with Gasteiger partial charge in [-0.25, -0.2) is 0 Å². The molecule has 0 radical (unpaired) electrons. The van der Waals surface area contributed by atoms with E-state index < -0.39 is 6.10 Å². The summed E-state index contributed by atoms with van der Waals surface area (Å²) in [6, 6.07) is 27.1. The Morgan fingerprint density at radius 3 is 2.43 bits per heavy atom. The first-order chi connectivity index (χ1) is 14.7. The summed E-state index contributed by atoms with van der Waals surface area (Å²) in [7, 11) is 0. The number of aliphatic hydroxyl groups excluding tert-OH is 1. The van der Waals surface area contributed by atoms with E-state index in [0.717, 1.165) is 32.2 Å². The zero-order valence-corrected chi connectivity index (χ0v) is 17.5. The molecule has 0 saturated carbocycles. The van der Waals surface area contributed by atoms with Crippen LogP contribution in [0.4, 0.5) is 0 Å². The van der Waals surface area contributed by atoms with Crippen LogP contribution in [-0.4, -0.2) is 31.0 Å². The van der Waals surface area contributed by atoms with Gasteiger partial charge >= 0.3 is 0 Å². The molecule has 1 atom stereocenters. The number of benzene rings is 4. The van der Waals surface area contributed by atoms with E-state index in [-0.39, 0.29) is 13.2 Å². The van der Waals surface area contributed by atoms with Gasteiger partial charge in [0.05, 0.1) is 13.2 Å². The van der Waals surface area contributed by atoms with Crippen molar-refractivity contribution < 1.29 is 14.6 Å². The van der Waals surface area contributed by atoms with E-state index >= 15 is 0 Å². The zero-order valence-electron chi connectivity index (χ0n) is 16.7. The summed E-state index contributed by atoms with van der Waals surface area (Å²) in [5.41, 5.74) is 0. The van der Waals surface area contributed by atoms with Crippen LogP contribution >= 0.6 is 11.8 Å².